The van der Waals surface area contributed by atoms with Gasteiger partial charge in [0.25, 0.3) is 0 Å². The van der Waals surface area contributed by atoms with Crippen LogP contribution >= 0.6 is 11.8 Å². The van der Waals surface area contributed by atoms with Crippen LogP contribution in [0.15, 0.2) is 18.2 Å². The molecule has 0 bridgehead atoms. The molecule has 0 amide bonds. The fourth-order valence-corrected chi connectivity index (χ4v) is 2.39. The van der Waals surface area contributed by atoms with E-state index in [2.05, 4.69) is 32.0 Å². The molecule has 96 valence electrons. The SMILES string of the molecule is Cc1cc(C)cc(OCCCSC(C)CO)c1. The highest BCUT2D eigenvalue weighted by Gasteiger charge is 2.00. The lowest BCUT2D eigenvalue weighted by Crippen LogP contribution is -2.05. The van der Waals surface area contributed by atoms with Gasteiger partial charge in [0.15, 0.2) is 0 Å². The van der Waals surface area contributed by atoms with Crippen molar-refractivity contribution in [1.82, 2.24) is 0 Å². The van der Waals surface area contributed by atoms with Crippen molar-refractivity contribution in [1.29, 1.82) is 0 Å². The summed E-state index contributed by atoms with van der Waals surface area (Å²) >= 11 is 1.79. The summed E-state index contributed by atoms with van der Waals surface area (Å²) in [6, 6.07) is 6.28. The fraction of sp³-hybridized carbons (Fsp3) is 0.571. The molecule has 1 aromatic rings. The van der Waals surface area contributed by atoms with Crippen LogP contribution in [-0.4, -0.2) is 29.3 Å². The number of ether oxygens (including phenoxy) is 1. The normalized spacial score (nSPS) is 12.5. The molecule has 17 heavy (non-hydrogen) atoms. The van der Waals surface area contributed by atoms with Gasteiger partial charge in [0.05, 0.1) is 13.2 Å². The van der Waals surface area contributed by atoms with Crippen molar-refractivity contribution in [2.45, 2.75) is 32.4 Å². The highest BCUT2D eigenvalue weighted by Crippen LogP contribution is 2.17. The maximum Gasteiger partial charge on any atom is 0.119 e. The van der Waals surface area contributed by atoms with Crippen molar-refractivity contribution in [3.05, 3.63) is 29.3 Å². The van der Waals surface area contributed by atoms with Crippen molar-refractivity contribution in [2.75, 3.05) is 19.0 Å². The summed E-state index contributed by atoms with van der Waals surface area (Å²) in [4.78, 5) is 0. The van der Waals surface area contributed by atoms with E-state index < -0.39 is 0 Å². The molecule has 1 rings (SSSR count). The zero-order chi connectivity index (χ0) is 12.7. The monoisotopic (exact) mass is 254 g/mol. The third-order valence-electron chi connectivity index (χ3n) is 2.41. The standard InChI is InChI=1S/C14H22O2S/c1-11-7-12(2)9-14(8-11)16-5-4-6-17-13(3)10-15/h7-9,13,15H,4-6,10H2,1-3H3. The Morgan fingerprint density at radius 3 is 2.47 bits per heavy atom. The smallest absolute Gasteiger partial charge is 0.119 e. The molecule has 1 aromatic carbocycles. The maximum absolute atomic E-state index is 8.88. The van der Waals surface area contributed by atoms with Crippen molar-refractivity contribution < 1.29 is 9.84 Å². The summed E-state index contributed by atoms with van der Waals surface area (Å²) in [7, 11) is 0. The minimum atomic E-state index is 0.253. The summed E-state index contributed by atoms with van der Waals surface area (Å²) in [5.41, 5.74) is 2.48. The number of aryl methyl sites for hydroxylation is 2. The lowest BCUT2D eigenvalue weighted by molar-refractivity contribution is 0.299. The molecule has 0 aliphatic carbocycles. The van der Waals surface area contributed by atoms with Gasteiger partial charge in [0, 0.05) is 5.25 Å². The molecule has 1 atom stereocenters. The average Bonchev–Trinajstić information content (AvgIpc) is 2.27. The van der Waals surface area contributed by atoms with Gasteiger partial charge in [-0.1, -0.05) is 13.0 Å². The van der Waals surface area contributed by atoms with Crippen molar-refractivity contribution in [3.8, 4) is 5.75 Å². The van der Waals surface area contributed by atoms with Crippen molar-refractivity contribution in [3.63, 3.8) is 0 Å². The van der Waals surface area contributed by atoms with Gasteiger partial charge in [0.1, 0.15) is 5.75 Å². The number of rotatable bonds is 7. The molecule has 0 aliphatic heterocycles. The first-order chi connectivity index (χ1) is 8.11. The number of thioether (sulfide) groups is 1. The van der Waals surface area contributed by atoms with Crippen molar-refractivity contribution >= 4 is 11.8 Å². The number of aliphatic hydroxyl groups excluding tert-OH is 1. The van der Waals surface area contributed by atoms with E-state index in [9.17, 15) is 0 Å². The van der Waals surface area contributed by atoms with Gasteiger partial charge in [0.2, 0.25) is 0 Å². The Hall–Kier alpha value is -0.670. The second kappa shape index (κ2) is 7.62. The Labute approximate surface area is 108 Å². The molecule has 0 saturated carbocycles. The van der Waals surface area contributed by atoms with Gasteiger partial charge in [-0.3, -0.25) is 0 Å². The Morgan fingerprint density at radius 2 is 1.88 bits per heavy atom. The number of aliphatic hydroxyl groups is 1. The highest BCUT2D eigenvalue weighted by atomic mass is 32.2. The van der Waals surface area contributed by atoms with Gasteiger partial charge >= 0.3 is 0 Å². The molecule has 0 fully saturated rings. The Morgan fingerprint density at radius 1 is 1.24 bits per heavy atom. The van der Waals surface area contributed by atoms with Crippen molar-refractivity contribution in [2.24, 2.45) is 0 Å². The highest BCUT2D eigenvalue weighted by molar-refractivity contribution is 7.99. The summed E-state index contributed by atoms with van der Waals surface area (Å²) < 4.78 is 5.71. The van der Waals surface area contributed by atoms with E-state index in [0.29, 0.717) is 5.25 Å². The predicted molar refractivity (Wildman–Crippen MR) is 75.0 cm³/mol. The molecule has 0 heterocycles. The van der Waals surface area contributed by atoms with Gasteiger partial charge in [-0.15, -0.1) is 0 Å². The second-order valence-corrected chi connectivity index (χ2v) is 5.94. The van der Waals surface area contributed by atoms with E-state index in [1.807, 2.05) is 6.92 Å². The van der Waals surface area contributed by atoms with E-state index in [1.165, 1.54) is 11.1 Å². The van der Waals surface area contributed by atoms with E-state index >= 15 is 0 Å². The largest absolute Gasteiger partial charge is 0.494 e. The van der Waals surface area contributed by atoms with E-state index in [1.54, 1.807) is 11.8 Å². The zero-order valence-electron chi connectivity index (χ0n) is 10.9. The number of benzene rings is 1. The molecule has 0 saturated heterocycles. The molecule has 0 spiro atoms. The average molecular weight is 254 g/mol. The van der Waals surface area contributed by atoms with Crippen LogP contribution in [0.3, 0.4) is 0 Å². The Kier molecular flexibility index (Phi) is 6.45. The zero-order valence-corrected chi connectivity index (χ0v) is 11.7. The van der Waals surface area contributed by atoms with E-state index in [0.717, 1.165) is 24.5 Å². The first kappa shape index (κ1) is 14.4. The third-order valence-corrected chi connectivity index (χ3v) is 3.65. The third kappa shape index (κ3) is 5.99. The van der Waals surface area contributed by atoms with Crippen LogP contribution in [0.5, 0.6) is 5.75 Å². The van der Waals surface area contributed by atoms with E-state index in [-0.39, 0.29) is 6.61 Å². The first-order valence-corrected chi connectivity index (χ1v) is 7.10. The van der Waals surface area contributed by atoms with Crippen LogP contribution in [0.25, 0.3) is 0 Å². The van der Waals surface area contributed by atoms with Crippen LogP contribution in [0, 0.1) is 13.8 Å². The summed E-state index contributed by atoms with van der Waals surface area (Å²) in [6.07, 6.45) is 1.02. The molecular weight excluding hydrogens is 232 g/mol. The van der Waals surface area contributed by atoms with Gasteiger partial charge in [-0.2, -0.15) is 11.8 Å². The molecule has 0 aromatic heterocycles. The Bertz CT molecular complexity index is 319. The second-order valence-electron chi connectivity index (χ2n) is 4.39. The Balaban J connectivity index is 2.22. The van der Waals surface area contributed by atoms with E-state index in [4.69, 9.17) is 9.84 Å². The quantitative estimate of drug-likeness (QED) is 0.758. The molecule has 3 heteroatoms. The van der Waals surface area contributed by atoms with Gasteiger partial charge in [-0.25, -0.2) is 0 Å². The molecular formula is C14H22O2S. The van der Waals surface area contributed by atoms with Crippen LogP contribution in [-0.2, 0) is 0 Å². The summed E-state index contributed by atoms with van der Waals surface area (Å²) in [5.74, 6) is 2.00. The summed E-state index contributed by atoms with van der Waals surface area (Å²) in [6.45, 7) is 7.20. The molecule has 2 nitrogen and oxygen atoms in total. The fourth-order valence-electron chi connectivity index (χ4n) is 1.60. The van der Waals surface area contributed by atoms with Gasteiger partial charge in [-0.05, 0) is 49.3 Å². The topological polar surface area (TPSA) is 29.5 Å². The molecule has 1 unspecified atom stereocenters. The summed E-state index contributed by atoms with van der Waals surface area (Å²) in [5, 5.41) is 9.21. The van der Waals surface area contributed by atoms with Crippen LogP contribution in [0.4, 0.5) is 0 Å². The lowest BCUT2D eigenvalue weighted by Gasteiger charge is -2.09. The van der Waals surface area contributed by atoms with Gasteiger partial charge < -0.3 is 9.84 Å². The lowest BCUT2D eigenvalue weighted by atomic mass is 10.1. The van der Waals surface area contributed by atoms with Crippen LogP contribution in [0.1, 0.15) is 24.5 Å². The van der Waals surface area contributed by atoms with Crippen LogP contribution in [0.2, 0.25) is 0 Å². The minimum Gasteiger partial charge on any atom is -0.494 e. The first-order valence-electron chi connectivity index (χ1n) is 6.05. The minimum absolute atomic E-state index is 0.253. The molecule has 1 N–H and O–H groups in total. The number of hydrogen-bond acceptors (Lipinski definition) is 3. The van der Waals surface area contributed by atoms with Crippen LogP contribution < -0.4 is 4.74 Å². The molecule has 0 aliphatic rings. The number of hydrogen-bond donors (Lipinski definition) is 1. The predicted octanol–water partition coefficient (Wildman–Crippen LogP) is 3.19. The maximum atomic E-state index is 8.88. The molecule has 0 radical (unpaired) electrons.